The first kappa shape index (κ1) is 27.5. The molecule has 7 nitrogen and oxygen atoms in total. The minimum absolute atomic E-state index is 0.553. The second-order valence-corrected chi connectivity index (χ2v) is 9.18. The van der Waals surface area contributed by atoms with Crippen LogP contribution in [-0.2, 0) is 12.8 Å². The SMILES string of the molecule is Cc1ccc(N(CCc2ccc(C)nc2)N=O)cc1.Cc1ccc(N(N)CCc2ccc(C)nc2)cc1. The summed E-state index contributed by atoms with van der Waals surface area (Å²) in [6.45, 7) is 9.37. The predicted octanol–water partition coefficient (Wildman–Crippen LogP) is 6.05. The number of hydrazine groups is 1. The number of aromatic nitrogens is 2. The van der Waals surface area contributed by atoms with Crippen LogP contribution in [0.2, 0.25) is 0 Å². The van der Waals surface area contributed by atoms with Gasteiger partial charge in [-0.15, -0.1) is 4.91 Å². The Morgan fingerprint density at radius 1 is 0.649 bits per heavy atom. The van der Waals surface area contributed by atoms with Crippen LogP contribution in [0.15, 0.2) is 90.5 Å². The molecule has 2 N–H and O–H groups in total. The number of nitroso groups, excluding NO2 is 1. The van der Waals surface area contributed by atoms with E-state index in [1.807, 2.05) is 87.8 Å². The first-order valence-electron chi connectivity index (χ1n) is 12.4. The average molecular weight is 497 g/mol. The summed E-state index contributed by atoms with van der Waals surface area (Å²) >= 11 is 0. The Morgan fingerprint density at radius 3 is 1.54 bits per heavy atom. The molecule has 0 aliphatic heterocycles. The van der Waals surface area contributed by atoms with Gasteiger partial charge in [0.05, 0.1) is 16.7 Å². The fourth-order valence-electron chi connectivity index (χ4n) is 3.58. The van der Waals surface area contributed by atoms with Gasteiger partial charge in [-0.25, -0.2) is 10.9 Å². The van der Waals surface area contributed by atoms with Crippen molar-refractivity contribution in [2.24, 2.45) is 11.1 Å². The molecule has 0 amide bonds. The topological polar surface area (TPSA) is 87.7 Å². The third kappa shape index (κ3) is 9.13. The number of rotatable bonds is 9. The largest absolute Gasteiger partial charge is 0.311 e. The summed E-state index contributed by atoms with van der Waals surface area (Å²) < 4.78 is 0. The second-order valence-electron chi connectivity index (χ2n) is 9.18. The van der Waals surface area contributed by atoms with Crippen molar-refractivity contribution in [3.63, 3.8) is 0 Å². The number of hydrogen-bond acceptors (Lipinski definition) is 6. The fraction of sp³-hybridized carbons (Fsp3) is 0.267. The van der Waals surface area contributed by atoms with Crippen LogP contribution in [0.25, 0.3) is 0 Å². The Balaban J connectivity index is 0.000000206. The van der Waals surface area contributed by atoms with Gasteiger partial charge in [0.25, 0.3) is 0 Å². The highest BCUT2D eigenvalue weighted by Crippen LogP contribution is 2.16. The Hall–Kier alpha value is -4.10. The second kappa shape index (κ2) is 13.8. The van der Waals surface area contributed by atoms with Crippen molar-refractivity contribution < 1.29 is 0 Å². The van der Waals surface area contributed by atoms with Crippen molar-refractivity contribution in [1.82, 2.24) is 9.97 Å². The molecule has 37 heavy (non-hydrogen) atoms. The molecule has 4 aromatic rings. The smallest absolute Gasteiger partial charge is 0.0626 e. The summed E-state index contributed by atoms with van der Waals surface area (Å²) in [5.74, 6) is 6.04. The minimum Gasteiger partial charge on any atom is -0.311 e. The van der Waals surface area contributed by atoms with Gasteiger partial charge in [0.2, 0.25) is 0 Å². The molecule has 192 valence electrons. The number of nitrogens with two attached hydrogens (primary N) is 1. The van der Waals surface area contributed by atoms with Crippen molar-refractivity contribution >= 4 is 11.4 Å². The van der Waals surface area contributed by atoms with Gasteiger partial charge in [-0.2, -0.15) is 0 Å². The lowest BCUT2D eigenvalue weighted by molar-refractivity contribution is 0.816. The van der Waals surface area contributed by atoms with Crippen LogP contribution in [0, 0.1) is 32.6 Å². The maximum Gasteiger partial charge on any atom is 0.0626 e. The third-order valence-corrected chi connectivity index (χ3v) is 6.00. The number of aryl methyl sites for hydroxylation is 4. The van der Waals surface area contributed by atoms with Crippen molar-refractivity contribution in [2.45, 2.75) is 40.5 Å². The van der Waals surface area contributed by atoms with Crippen molar-refractivity contribution in [1.29, 1.82) is 0 Å². The lowest BCUT2D eigenvalue weighted by atomic mass is 10.2. The summed E-state index contributed by atoms with van der Waals surface area (Å²) in [5.41, 5.74) is 8.62. The van der Waals surface area contributed by atoms with Crippen LogP contribution in [0.3, 0.4) is 0 Å². The van der Waals surface area contributed by atoms with E-state index in [2.05, 4.69) is 40.4 Å². The number of anilines is 2. The molecule has 0 atom stereocenters. The summed E-state index contributed by atoms with van der Waals surface area (Å²) in [6, 6.07) is 24.1. The molecule has 0 aliphatic carbocycles. The van der Waals surface area contributed by atoms with E-state index in [0.717, 1.165) is 53.3 Å². The Morgan fingerprint density at radius 2 is 1.11 bits per heavy atom. The molecule has 7 heteroatoms. The monoisotopic (exact) mass is 496 g/mol. The highest BCUT2D eigenvalue weighted by Gasteiger charge is 2.07. The van der Waals surface area contributed by atoms with E-state index >= 15 is 0 Å². The van der Waals surface area contributed by atoms with E-state index in [1.165, 1.54) is 16.1 Å². The summed E-state index contributed by atoms with van der Waals surface area (Å²) in [7, 11) is 0. The molecular weight excluding hydrogens is 460 g/mol. The zero-order valence-corrected chi connectivity index (χ0v) is 22.1. The molecule has 0 unspecified atom stereocenters. The zero-order chi connectivity index (χ0) is 26.6. The zero-order valence-electron chi connectivity index (χ0n) is 22.1. The van der Waals surface area contributed by atoms with Gasteiger partial charge in [0, 0.05) is 36.9 Å². The van der Waals surface area contributed by atoms with E-state index in [1.54, 1.807) is 5.01 Å². The lowest BCUT2D eigenvalue weighted by Gasteiger charge is -2.18. The molecule has 2 aromatic carbocycles. The van der Waals surface area contributed by atoms with Gasteiger partial charge < -0.3 is 5.01 Å². The number of nitrogens with zero attached hydrogens (tertiary/aromatic N) is 5. The van der Waals surface area contributed by atoms with Crippen LogP contribution in [-0.4, -0.2) is 23.1 Å². The number of benzene rings is 2. The quantitative estimate of drug-likeness (QED) is 0.172. The van der Waals surface area contributed by atoms with Crippen LogP contribution in [0.1, 0.15) is 33.6 Å². The third-order valence-electron chi connectivity index (χ3n) is 6.00. The van der Waals surface area contributed by atoms with E-state index < -0.39 is 0 Å². The molecule has 0 fully saturated rings. The standard InChI is InChI=1S/C15H17N3O.C15H19N3/c1-12-3-7-15(8-4-12)18(17-19)10-9-14-6-5-13(2)16-11-14;1-12-3-7-15(8-4-12)18(16)10-9-14-6-5-13(2)17-11-14/h3-8,11H,9-10H2,1-2H3;3-8,11H,9-10,16H2,1-2H3. The normalized spacial score (nSPS) is 10.3. The van der Waals surface area contributed by atoms with Gasteiger partial charge in [-0.05, 0) is 88.1 Å². The molecule has 4 rings (SSSR count). The van der Waals surface area contributed by atoms with Crippen LogP contribution in [0.5, 0.6) is 0 Å². The molecule has 0 saturated carbocycles. The fourth-order valence-corrected chi connectivity index (χ4v) is 3.58. The molecule has 0 bridgehead atoms. The molecule has 0 aliphatic rings. The van der Waals surface area contributed by atoms with Gasteiger partial charge in [0.1, 0.15) is 0 Å². The Kier molecular flexibility index (Phi) is 10.3. The highest BCUT2D eigenvalue weighted by molar-refractivity contribution is 5.47. The first-order chi connectivity index (χ1) is 17.8. The highest BCUT2D eigenvalue weighted by atomic mass is 16.3. The Bertz CT molecular complexity index is 1220. The molecule has 0 spiro atoms. The van der Waals surface area contributed by atoms with Gasteiger partial charge in [0.15, 0.2) is 0 Å². The average Bonchev–Trinajstić information content (AvgIpc) is 2.91. The van der Waals surface area contributed by atoms with Crippen LogP contribution in [0.4, 0.5) is 11.4 Å². The van der Waals surface area contributed by atoms with Gasteiger partial charge in [-0.1, -0.05) is 47.5 Å². The van der Waals surface area contributed by atoms with E-state index in [0.29, 0.717) is 6.54 Å². The predicted molar refractivity (Wildman–Crippen MR) is 152 cm³/mol. The van der Waals surface area contributed by atoms with Crippen molar-refractivity contribution in [3.05, 3.63) is 124 Å². The van der Waals surface area contributed by atoms with E-state index in [4.69, 9.17) is 5.84 Å². The van der Waals surface area contributed by atoms with Gasteiger partial charge in [-0.3, -0.25) is 9.97 Å². The first-order valence-corrected chi connectivity index (χ1v) is 12.4. The van der Waals surface area contributed by atoms with E-state index in [-0.39, 0.29) is 0 Å². The molecule has 0 saturated heterocycles. The number of hydrogen-bond donors (Lipinski definition) is 1. The molecule has 0 radical (unpaired) electrons. The summed E-state index contributed by atoms with van der Waals surface area (Å²) in [4.78, 5) is 19.4. The molecule has 2 aromatic heterocycles. The summed E-state index contributed by atoms with van der Waals surface area (Å²) in [5, 5.41) is 6.33. The van der Waals surface area contributed by atoms with Crippen molar-refractivity contribution in [3.8, 4) is 0 Å². The van der Waals surface area contributed by atoms with E-state index in [9.17, 15) is 4.91 Å². The molecule has 2 heterocycles. The van der Waals surface area contributed by atoms with Crippen LogP contribution < -0.4 is 15.9 Å². The van der Waals surface area contributed by atoms with Crippen molar-refractivity contribution in [2.75, 3.05) is 23.1 Å². The van der Waals surface area contributed by atoms with Gasteiger partial charge >= 0.3 is 0 Å². The summed E-state index contributed by atoms with van der Waals surface area (Å²) in [6.07, 6.45) is 5.40. The number of pyridine rings is 2. The Labute approximate surface area is 219 Å². The van der Waals surface area contributed by atoms with Crippen LogP contribution >= 0.6 is 0 Å². The maximum absolute atomic E-state index is 10.9. The lowest BCUT2D eigenvalue weighted by Crippen LogP contribution is -2.32. The minimum atomic E-state index is 0.553. The maximum atomic E-state index is 10.9. The molecular formula is C30H36N6O.